The Bertz CT molecular complexity index is 570. The van der Waals surface area contributed by atoms with Crippen molar-refractivity contribution in [1.82, 2.24) is 5.32 Å². The van der Waals surface area contributed by atoms with E-state index in [9.17, 15) is 4.79 Å². The fourth-order valence-electron chi connectivity index (χ4n) is 2.63. The molecule has 0 bridgehead atoms. The van der Waals surface area contributed by atoms with Crippen LogP contribution in [0, 0.1) is 18.3 Å². The summed E-state index contributed by atoms with van der Waals surface area (Å²) in [6, 6.07) is 5.14. The van der Waals surface area contributed by atoms with E-state index in [1.54, 1.807) is 6.07 Å². The minimum atomic E-state index is -0.622. The largest absolute Gasteiger partial charge is 0.328 e. The summed E-state index contributed by atoms with van der Waals surface area (Å²) in [6.07, 6.45) is 0.730. The number of urea groups is 1. The van der Waals surface area contributed by atoms with Crippen LogP contribution in [0.4, 0.5) is 10.5 Å². The van der Waals surface area contributed by atoms with Gasteiger partial charge in [0.15, 0.2) is 0 Å². The number of rotatable bonds is 3. The maximum Gasteiger partial charge on any atom is 0.328 e. The highest BCUT2D eigenvalue weighted by molar-refractivity contribution is 6.32. The SMILES string of the molecule is Cc1ccc(N2C(=N)C(C)(CC(C)C)NC2=O)cc1Cl. The van der Waals surface area contributed by atoms with Gasteiger partial charge in [-0.05, 0) is 43.9 Å². The molecule has 1 atom stereocenters. The van der Waals surface area contributed by atoms with Crippen LogP contribution in [0.5, 0.6) is 0 Å². The van der Waals surface area contributed by atoms with Crippen molar-refractivity contribution in [3.8, 4) is 0 Å². The van der Waals surface area contributed by atoms with Crippen LogP contribution in [-0.2, 0) is 0 Å². The number of aryl methyl sites for hydroxylation is 1. The van der Waals surface area contributed by atoms with Crippen molar-refractivity contribution in [3.63, 3.8) is 0 Å². The quantitative estimate of drug-likeness (QED) is 0.871. The molecule has 108 valence electrons. The average Bonchev–Trinajstić information content (AvgIpc) is 2.53. The summed E-state index contributed by atoms with van der Waals surface area (Å²) < 4.78 is 0. The third-order valence-corrected chi connectivity index (χ3v) is 3.97. The minimum absolute atomic E-state index is 0.266. The normalized spacial score (nSPS) is 22.6. The second-order valence-corrected chi connectivity index (χ2v) is 6.38. The maximum absolute atomic E-state index is 12.2. The van der Waals surface area contributed by atoms with Crippen LogP contribution in [0.25, 0.3) is 0 Å². The van der Waals surface area contributed by atoms with Gasteiger partial charge in [-0.25, -0.2) is 9.69 Å². The van der Waals surface area contributed by atoms with Crippen molar-refractivity contribution < 1.29 is 4.79 Å². The van der Waals surface area contributed by atoms with E-state index in [0.717, 1.165) is 12.0 Å². The Hall–Kier alpha value is -1.55. The molecule has 2 rings (SSSR count). The Balaban J connectivity index is 2.36. The molecular formula is C15H20ClN3O. The third kappa shape index (κ3) is 2.52. The lowest BCUT2D eigenvalue weighted by Crippen LogP contribution is -2.44. The molecule has 20 heavy (non-hydrogen) atoms. The van der Waals surface area contributed by atoms with Gasteiger partial charge in [0.25, 0.3) is 0 Å². The molecule has 2 N–H and O–H groups in total. The molecular weight excluding hydrogens is 274 g/mol. The fourth-order valence-corrected chi connectivity index (χ4v) is 2.81. The number of amidine groups is 1. The van der Waals surface area contributed by atoms with Crippen LogP contribution in [0.3, 0.4) is 0 Å². The molecule has 4 nitrogen and oxygen atoms in total. The third-order valence-electron chi connectivity index (χ3n) is 3.56. The van der Waals surface area contributed by atoms with Gasteiger partial charge >= 0.3 is 6.03 Å². The first-order valence-corrected chi connectivity index (χ1v) is 7.10. The zero-order valence-electron chi connectivity index (χ0n) is 12.2. The van der Waals surface area contributed by atoms with Gasteiger partial charge in [0, 0.05) is 5.02 Å². The zero-order chi connectivity index (χ0) is 15.1. The van der Waals surface area contributed by atoms with E-state index in [4.69, 9.17) is 17.0 Å². The van der Waals surface area contributed by atoms with E-state index in [-0.39, 0.29) is 11.9 Å². The number of anilines is 1. The molecule has 0 aromatic heterocycles. The highest BCUT2D eigenvalue weighted by Crippen LogP contribution is 2.31. The Morgan fingerprint density at radius 2 is 2.10 bits per heavy atom. The van der Waals surface area contributed by atoms with Crippen molar-refractivity contribution >= 4 is 29.2 Å². The summed E-state index contributed by atoms with van der Waals surface area (Å²) in [6.45, 7) is 7.96. The van der Waals surface area contributed by atoms with Crippen LogP contribution in [-0.4, -0.2) is 17.4 Å². The Labute approximate surface area is 124 Å². The van der Waals surface area contributed by atoms with Crippen molar-refractivity contribution in [2.24, 2.45) is 5.92 Å². The molecule has 1 aromatic rings. The van der Waals surface area contributed by atoms with Gasteiger partial charge in [0.2, 0.25) is 0 Å². The molecule has 1 heterocycles. The molecule has 0 spiro atoms. The van der Waals surface area contributed by atoms with Gasteiger partial charge in [-0.3, -0.25) is 5.41 Å². The summed E-state index contributed by atoms with van der Waals surface area (Å²) in [5, 5.41) is 11.9. The van der Waals surface area contributed by atoms with Gasteiger partial charge < -0.3 is 5.32 Å². The molecule has 1 aliphatic rings. The topological polar surface area (TPSA) is 56.2 Å². The number of amides is 2. The molecule has 1 saturated heterocycles. The van der Waals surface area contributed by atoms with Crippen molar-refractivity contribution in [3.05, 3.63) is 28.8 Å². The first-order valence-electron chi connectivity index (χ1n) is 6.72. The summed E-state index contributed by atoms with van der Waals surface area (Å²) in [5.41, 5.74) is 0.963. The first kappa shape index (κ1) is 14.9. The highest BCUT2D eigenvalue weighted by Gasteiger charge is 2.45. The van der Waals surface area contributed by atoms with Gasteiger partial charge in [-0.1, -0.05) is 31.5 Å². The van der Waals surface area contributed by atoms with Crippen LogP contribution >= 0.6 is 11.6 Å². The molecule has 2 amide bonds. The summed E-state index contributed by atoms with van der Waals surface area (Å²) in [5.74, 6) is 0.665. The maximum atomic E-state index is 12.2. The summed E-state index contributed by atoms with van der Waals surface area (Å²) in [7, 11) is 0. The second kappa shape index (κ2) is 5.09. The predicted molar refractivity (Wildman–Crippen MR) is 82.8 cm³/mol. The monoisotopic (exact) mass is 293 g/mol. The van der Waals surface area contributed by atoms with Crippen LogP contribution in [0.15, 0.2) is 18.2 Å². The molecule has 5 heteroatoms. The van der Waals surface area contributed by atoms with Crippen LogP contribution in [0.1, 0.15) is 32.8 Å². The van der Waals surface area contributed by atoms with Crippen molar-refractivity contribution in [2.45, 2.75) is 39.7 Å². The Kier molecular flexibility index (Phi) is 3.78. The lowest BCUT2D eigenvalue weighted by molar-refractivity contribution is 0.246. The number of hydrogen-bond acceptors (Lipinski definition) is 2. The number of halogens is 1. The van der Waals surface area contributed by atoms with E-state index in [1.807, 2.05) is 26.0 Å². The van der Waals surface area contributed by atoms with E-state index in [2.05, 4.69) is 19.2 Å². The molecule has 0 aliphatic carbocycles. The number of nitrogens with one attached hydrogen (secondary N) is 2. The number of carbonyl (C=O) groups excluding carboxylic acids is 1. The summed E-state index contributed by atoms with van der Waals surface area (Å²) >= 11 is 6.11. The van der Waals surface area contributed by atoms with E-state index >= 15 is 0 Å². The zero-order valence-corrected chi connectivity index (χ0v) is 13.0. The minimum Gasteiger partial charge on any atom is -0.325 e. The Morgan fingerprint density at radius 3 is 2.65 bits per heavy atom. The van der Waals surface area contributed by atoms with E-state index in [0.29, 0.717) is 16.6 Å². The average molecular weight is 294 g/mol. The molecule has 0 radical (unpaired) electrons. The number of nitrogens with zero attached hydrogens (tertiary/aromatic N) is 1. The summed E-state index contributed by atoms with van der Waals surface area (Å²) in [4.78, 5) is 13.6. The van der Waals surface area contributed by atoms with Crippen molar-refractivity contribution in [1.29, 1.82) is 5.41 Å². The fraction of sp³-hybridized carbons (Fsp3) is 0.467. The second-order valence-electron chi connectivity index (χ2n) is 5.98. The van der Waals surface area contributed by atoms with Crippen LogP contribution in [0.2, 0.25) is 5.02 Å². The smallest absolute Gasteiger partial charge is 0.325 e. The van der Waals surface area contributed by atoms with Gasteiger partial charge in [0.05, 0.1) is 11.2 Å². The lowest BCUT2D eigenvalue weighted by Gasteiger charge is -2.26. The standard InChI is InChI=1S/C15H20ClN3O/c1-9(2)8-15(4)13(17)19(14(20)18-15)11-6-5-10(3)12(16)7-11/h5-7,9,17H,8H2,1-4H3,(H,18,20). The molecule has 1 aromatic carbocycles. The van der Waals surface area contributed by atoms with Gasteiger partial charge in [0.1, 0.15) is 5.84 Å². The van der Waals surface area contributed by atoms with E-state index < -0.39 is 5.54 Å². The molecule has 1 aliphatic heterocycles. The highest BCUT2D eigenvalue weighted by atomic mass is 35.5. The van der Waals surface area contributed by atoms with Crippen molar-refractivity contribution in [2.75, 3.05) is 4.90 Å². The molecule has 0 saturated carbocycles. The number of benzene rings is 1. The lowest BCUT2D eigenvalue weighted by atomic mass is 9.90. The number of carbonyl (C=O) groups is 1. The first-order chi connectivity index (χ1) is 9.24. The number of hydrogen-bond donors (Lipinski definition) is 2. The predicted octanol–water partition coefficient (Wildman–Crippen LogP) is 3.96. The van der Waals surface area contributed by atoms with Gasteiger partial charge in [-0.15, -0.1) is 0 Å². The molecule has 1 fully saturated rings. The molecule has 1 unspecified atom stereocenters. The van der Waals surface area contributed by atoms with E-state index in [1.165, 1.54) is 4.90 Å². The Morgan fingerprint density at radius 1 is 1.45 bits per heavy atom. The van der Waals surface area contributed by atoms with Gasteiger partial charge in [-0.2, -0.15) is 0 Å². The van der Waals surface area contributed by atoms with Crippen LogP contribution < -0.4 is 10.2 Å².